The molecule has 1 saturated carbocycles. The molecule has 1 heterocycles. The molecule has 17 heavy (non-hydrogen) atoms. The molecule has 0 aliphatic heterocycles. The summed E-state index contributed by atoms with van der Waals surface area (Å²) < 4.78 is 27.9. The monoisotopic (exact) mass is 258 g/mol. The minimum absolute atomic E-state index is 0.0870. The van der Waals surface area contributed by atoms with E-state index in [2.05, 4.69) is 15.0 Å². The second kappa shape index (κ2) is 4.75. The smallest absolute Gasteiger partial charge is 0.259 e. The minimum Gasteiger partial charge on any atom is -0.337 e. The standard InChI is InChI=1S/C10H18N4O2S/c1-8-13-10(7-14(8)2)17(15,16)12-6-5-11-9-3-4-9/h7,9,11-12H,3-6H2,1-2H3. The zero-order valence-corrected chi connectivity index (χ0v) is 10.9. The molecule has 1 aromatic heterocycles. The van der Waals surface area contributed by atoms with Crippen molar-refractivity contribution in [3.63, 3.8) is 0 Å². The SMILES string of the molecule is Cc1nc(S(=O)(=O)NCCNC2CC2)cn1C. The van der Waals surface area contributed by atoms with Gasteiger partial charge in [0.25, 0.3) is 10.0 Å². The van der Waals surface area contributed by atoms with Crippen molar-refractivity contribution >= 4 is 10.0 Å². The largest absolute Gasteiger partial charge is 0.337 e. The van der Waals surface area contributed by atoms with Crippen LogP contribution in [0.4, 0.5) is 0 Å². The van der Waals surface area contributed by atoms with Gasteiger partial charge in [0.15, 0.2) is 5.03 Å². The second-order valence-corrected chi connectivity index (χ2v) is 6.08. The minimum atomic E-state index is -3.46. The lowest BCUT2D eigenvalue weighted by Gasteiger charge is -2.04. The van der Waals surface area contributed by atoms with E-state index in [9.17, 15) is 8.42 Å². The van der Waals surface area contributed by atoms with Crippen molar-refractivity contribution in [3.05, 3.63) is 12.0 Å². The molecule has 0 unspecified atom stereocenters. The predicted octanol–water partition coefficient (Wildman–Crippen LogP) is -0.241. The highest BCUT2D eigenvalue weighted by Crippen LogP contribution is 2.17. The summed E-state index contributed by atoms with van der Waals surface area (Å²) in [6.07, 6.45) is 3.92. The summed E-state index contributed by atoms with van der Waals surface area (Å²) in [5.41, 5.74) is 0. The van der Waals surface area contributed by atoms with Crippen LogP contribution in [-0.2, 0) is 17.1 Å². The number of aryl methyl sites for hydroxylation is 2. The molecule has 0 spiro atoms. The summed E-state index contributed by atoms with van der Waals surface area (Å²) in [6, 6.07) is 0.594. The third kappa shape index (κ3) is 3.27. The molecule has 2 rings (SSSR count). The molecule has 0 radical (unpaired) electrons. The molecule has 0 saturated heterocycles. The van der Waals surface area contributed by atoms with Gasteiger partial charge in [0.2, 0.25) is 0 Å². The summed E-state index contributed by atoms with van der Waals surface area (Å²) in [5.74, 6) is 0.682. The Labute approximate surface area is 101 Å². The Morgan fingerprint density at radius 1 is 1.47 bits per heavy atom. The van der Waals surface area contributed by atoms with Crippen LogP contribution in [0.5, 0.6) is 0 Å². The molecule has 0 amide bonds. The van der Waals surface area contributed by atoms with E-state index in [1.165, 1.54) is 19.0 Å². The fraction of sp³-hybridized carbons (Fsp3) is 0.700. The summed E-state index contributed by atoms with van der Waals surface area (Å²) in [7, 11) is -1.69. The lowest BCUT2D eigenvalue weighted by molar-refractivity contribution is 0.572. The zero-order chi connectivity index (χ0) is 12.5. The molecule has 7 heteroatoms. The molecule has 2 N–H and O–H groups in total. The summed E-state index contributed by atoms with van der Waals surface area (Å²) >= 11 is 0. The third-order valence-corrected chi connectivity index (χ3v) is 4.12. The first kappa shape index (κ1) is 12.5. The van der Waals surface area contributed by atoms with Gasteiger partial charge in [-0.05, 0) is 19.8 Å². The molecule has 1 aliphatic carbocycles. The number of nitrogens with one attached hydrogen (secondary N) is 2. The molecule has 1 fully saturated rings. The molecule has 0 atom stereocenters. The Balaban J connectivity index is 1.88. The Morgan fingerprint density at radius 3 is 2.71 bits per heavy atom. The summed E-state index contributed by atoms with van der Waals surface area (Å²) in [6.45, 7) is 2.83. The Hall–Kier alpha value is -0.920. The van der Waals surface area contributed by atoms with Crippen LogP contribution in [-0.4, -0.2) is 37.1 Å². The molecule has 0 bridgehead atoms. The molecule has 6 nitrogen and oxygen atoms in total. The Morgan fingerprint density at radius 2 is 2.18 bits per heavy atom. The fourth-order valence-electron chi connectivity index (χ4n) is 1.48. The van der Waals surface area contributed by atoms with Crippen LogP contribution >= 0.6 is 0 Å². The average molecular weight is 258 g/mol. The van der Waals surface area contributed by atoms with Gasteiger partial charge >= 0.3 is 0 Å². The van der Waals surface area contributed by atoms with Gasteiger partial charge in [0.05, 0.1) is 0 Å². The number of hydrogen-bond donors (Lipinski definition) is 2. The van der Waals surface area contributed by atoms with Crippen LogP contribution in [0.2, 0.25) is 0 Å². The van der Waals surface area contributed by atoms with Crippen LogP contribution < -0.4 is 10.0 Å². The predicted molar refractivity (Wildman–Crippen MR) is 64.2 cm³/mol. The van der Waals surface area contributed by atoms with Crippen LogP contribution in [0.15, 0.2) is 11.2 Å². The zero-order valence-electron chi connectivity index (χ0n) is 10.1. The first-order valence-electron chi connectivity index (χ1n) is 5.72. The summed E-state index contributed by atoms with van der Waals surface area (Å²) in [4.78, 5) is 4.00. The van der Waals surface area contributed by atoms with Gasteiger partial charge in [-0.15, -0.1) is 0 Å². The van der Waals surface area contributed by atoms with Crippen molar-refractivity contribution in [2.45, 2.75) is 30.8 Å². The van der Waals surface area contributed by atoms with E-state index in [0.717, 1.165) is 0 Å². The number of rotatable bonds is 6. The number of sulfonamides is 1. The van der Waals surface area contributed by atoms with Crippen LogP contribution in [0.3, 0.4) is 0 Å². The van der Waals surface area contributed by atoms with Crippen molar-refractivity contribution in [2.75, 3.05) is 13.1 Å². The van der Waals surface area contributed by atoms with Gasteiger partial charge in [0.1, 0.15) is 5.82 Å². The molecule has 1 aliphatic rings. The van der Waals surface area contributed by atoms with Crippen LogP contribution in [0.25, 0.3) is 0 Å². The normalized spacial score (nSPS) is 16.4. The van der Waals surface area contributed by atoms with Crippen LogP contribution in [0.1, 0.15) is 18.7 Å². The number of nitrogens with zero attached hydrogens (tertiary/aromatic N) is 2. The maximum absolute atomic E-state index is 11.8. The van der Waals surface area contributed by atoms with Gasteiger partial charge in [0, 0.05) is 32.4 Å². The van der Waals surface area contributed by atoms with E-state index < -0.39 is 10.0 Å². The van der Waals surface area contributed by atoms with Gasteiger partial charge in [-0.25, -0.2) is 18.1 Å². The average Bonchev–Trinajstić information content (AvgIpc) is 3.01. The number of imidazole rings is 1. The van der Waals surface area contributed by atoms with Gasteiger partial charge < -0.3 is 9.88 Å². The highest BCUT2D eigenvalue weighted by molar-refractivity contribution is 7.89. The Bertz CT molecular complexity index is 471. The van der Waals surface area contributed by atoms with Gasteiger partial charge in [-0.2, -0.15) is 0 Å². The third-order valence-electron chi connectivity index (χ3n) is 2.79. The number of hydrogen-bond acceptors (Lipinski definition) is 4. The van der Waals surface area contributed by atoms with E-state index in [0.29, 0.717) is 25.0 Å². The van der Waals surface area contributed by atoms with Crippen molar-refractivity contribution in [1.82, 2.24) is 19.6 Å². The van der Waals surface area contributed by atoms with E-state index in [-0.39, 0.29) is 5.03 Å². The first-order chi connectivity index (χ1) is 7.99. The van der Waals surface area contributed by atoms with Crippen LogP contribution in [0, 0.1) is 6.92 Å². The topological polar surface area (TPSA) is 76.0 Å². The van der Waals surface area contributed by atoms with Gasteiger partial charge in [-0.1, -0.05) is 0 Å². The lowest BCUT2D eigenvalue weighted by Crippen LogP contribution is -2.32. The van der Waals surface area contributed by atoms with Gasteiger partial charge in [-0.3, -0.25) is 0 Å². The molecule has 1 aromatic rings. The quantitative estimate of drug-likeness (QED) is 0.690. The molecule has 0 aromatic carbocycles. The highest BCUT2D eigenvalue weighted by atomic mass is 32.2. The maximum Gasteiger partial charge on any atom is 0.259 e. The van der Waals surface area contributed by atoms with Crippen molar-refractivity contribution in [3.8, 4) is 0 Å². The Kier molecular flexibility index (Phi) is 3.50. The first-order valence-corrected chi connectivity index (χ1v) is 7.20. The molecular formula is C10H18N4O2S. The molecule has 96 valence electrons. The second-order valence-electron chi connectivity index (χ2n) is 4.36. The van der Waals surface area contributed by atoms with Crippen molar-refractivity contribution in [2.24, 2.45) is 7.05 Å². The highest BCUT2D eigenvalue weighted by Gasteiger charge is 2.21. The summed E-state index contributed by atoms with van der Waals surface area (Å²) in [5, 5.41) is 3.33. The van der Waals surface area contributed by atoms with Crippen molar-refractivity contribution < 1.29 is 8.42 Å². The van der Waals surface area contributed by atoms with E-state index in [4.69, 9.17) is 0 Å². The van der Waals surface area contributed by atoms with E-state index >= 15 is 0 Å². The maximum atomic E-state index is 11.8. The fourth-order valence-corrected chi connectivity index (χ4v) is 2.55. The van der Waals surface area contributed by atoms with E-state index in [1.807, 2.05) is 0 Å². The lowest BCUT2D eigenvalue weighted by atomic mass is 10.6. The molecular weight excluding hydrogens is 240 g/mol. The number of aromatic nitrogens is 2. The van der Waals surface area contributed by atoms with Crippen molar-refractivity contribution in [1.29, 1.82) is 0 Å². The van der Waals surface area contributed by atoms with E-state index in [1.54, 1.807) is 18.5 Å².